The summed E-state index contributed by atoms with van der Waals surface area (Å²) in [4.78, 5) is 21.9. The second-order valence-corrected chi connectivity index (χ2v) is 10.9. The van der Waals surface area contributed by atoms with E-state index in [2.05, 4.69) is 15.0 Å². The lowest BCUT2D eigenvalue weighted by Gasteiger charge is -2.35. The second kappa shape index (κ2) is 12.1. The third-order valence-corrected chi connectivity index (χ3v) is 8.04. The summed E-state index contributed by atoms with van der Waals surface area (Å²) in [7, 11) is 0. The number of fused-ring (bicyclic) bond motifs is 1. The lowest BCUT2D eigenvalue weighted by molar-refractivity contribution is -0.139. The smallest absolute Gasteiger partial charge is 0.423 e. The summed E-state index contributed by atoms with van der Waals surface area (Å²) in [6, 6.07) is 16.6. The maximum Gasteiger partial charge on any atom is 0.423 e. The first-order chi connectivity index (χ1) is 21.5. The lowest BCUT2D eigenvalue weighted by atomic mass is 10.1. The highest BCUT2D eigenvalue weighted by atomic mass is 19.4. The zero-order valence-corrected chi connectivity index (χ0v) is 23.8. The highest BCUT2D eigenvalue weighted by Crippen LogP contribution is 2.42. The topological polar surface area (TPSA) is 77.6 Å². The number of benzene rings is 2. The van der Waals surface area contributed by atoms with E-state index in [0.29, 0.717) is 44.3 Å². The number of ether oxygens (including phenoxy) is 1. The van der Waals surface area contributed by atoms with E-state index < -0.39 is 35.1 Å². The van der Waals surface area contributed by atoms with Crippen molar-refractivity contribution in [2.75, 3.05) is 42.6 Å². The van der Waals surface area contributed by atoms with Crippen molar-refractivity contribution in [3.8, 4) is 5.75 Å². The Hall–Kier alpha value is -4.59. The number of anilines is 2. The Bertz CT molecular complexity index is 1700. The van der Waals surface area contributed by atoms with Crippen LogP contribution in [0.1, 0.15) is 33.9 Å². The molecular weight excluding hydrogens is 602 g/mol. The highest BCUT2D eigenvalue weighted by molar-refractivity contribution is 5.58. The Morgan fingerprint density at radius 1 is 0.889 bits per heavy atom. The Kier molecular flexibility index (Phi) is 8.16. The third kappa shape index (κ3) is 6.60. The summed E-state index contributed by atoms with van der Waals surface area (Å²) in [5.74, 6) is 1.04. The number of halogens is 6. The van der Waals surface area contributed by atoms with Crippen LogP contribution in [-0.4, -0.2) is 52.9 Å². The molecule has 14 heteroatoms. The van der Waals surface area contributed by atoms with Crippen molar-refractivity contribution in [3.05, 3.63) is 111 Å². The molecule has 1 fully saturated rings. The van der Waals surface area contributed by atoms with Crippen LogP contribution in [0.2, 0.25) is 0 Å². The van der Waals surface area contributed by atoms with Crippen LogP contribution in [-0.2, 0) is 25.4 Å². The standard InChI is InChI=1S/C31H28F6N6O2/c32-30(33,34)22-8-9-27(38-15-22)42-12-10-41(11-13-42)17-20-4-3-6-23(14-20)45-19-26-24-7-2-1-5-21(24)18-43(26)25-16-39-40-29(44)28(25)31(35,36)37/h1-9,14-16,26H,10-13,17-19H2,(H,40,44)/t26-/m0/s1. The Labute approximate surface area is 253 Å². The van der Waals surface area contributed by atoms with E-state index >= 15 is 0 Å². The number of nitrogens with zero attached hydrogens (tertiary/aromatic N) is 5. The molecule has 2 aromatic heterocycles. The molecule has 8 nitrogen and oxygen atoms in total. The number of H-pyrrole nitrogens is 1. The maximum atomic E-state index is 13.9. The number of aromatic nitrogens is 3. The van der Waals surface area contributed by atoms with E-state index in [9.17, 15) is 31.1 Å². The zero-order valence-electron chi connectivity index (χ0n) is 23.8. The van der Waals surface area contributed by atoms with Gasteiger partial charge in [0.15, 0.2) is 0 Å². The van der Waals surface area contributed by atoms with Crippen molar-refractivity contribution in [1.29, 1.82) is 0 Å². The van der Waals surface area contributed by atoms with E-state index in [1.807, 2.05) is 52.5 Å². The van der Waals surface area contributed by atoms with Crippen LogP contribution in [0.15, 0.2) is 77.9 Å². The van der Waals surface area contributed by atoms with Gasteiger partial charge in [0, 0.05) is 45.5 Å². The molecule has 6 rings (SSSR count). The molecule has 0 unspecified atom stereocenters. The number of aromatic amines is 1. The molecule has 0 saturated carbocycles. The molecule has 1 saturated heterocycles. The van der Waals surface area contributed by atoms with Crippen LogP contribution < -0.4 is 20.1 Å². The summed E-state index contributed by atoms with van der Waals surface area (Å²) in [5.41, 5.74) is -1.09. The van der Waals surface area contributed by atoms with Gasteiger partial charge in [-0.2, -0.15) is 31.4 Å². The number of alkyl halides is 6. The normalized spacial score (nSPS) is 17.4. The maximum absolute atomic E-state index is 13.9. The van der Waals surface area contributed by atoms with Gasteiger partial charge in [0.05, 0.1) is 23.5 Å². The minimum Gasteiger partial charge on any atom is -0.491 e. The van der Waals surface area contributed by atoms with Gasteiger partial charge in [-0.05, 0) is 41.0 Å². The Morgan fingerprint density at radius 2 is 1.67 bits per heavy atom. The van der Waals surface area contributed by atoms with Crippen LogP contribution in [0.4, 0.5) is 37.8 Å². The summed E-state index contributed by atoms with van der Waals surface area (Å²) in [6.07, 6.45) is -7.43. The molecule has 0 bridgehead atoms. The van der Waals surface area contributed by atoms with E-state index in [4.69, 9.17) is 4.74 Å². The Balaban J connectivity index is 1.12. The molecule has 236 valence electrons. The van der Waals surface area contributed by atoms with Crippen molar-refractivity contribution in [2.24, 2.45) is 0 Å². The molecule has 0 radical (unpaired) electrons. The fourth-order valence-electron chi connectivity index (χ4n) is 5.82. The van der Waals surface area contributed by atoms with E-state index in [0.717, 1.165) is 35.2 Å². The van der Waals surface area contributed by atoms with Crippen molar-refractivity contribution in [2.45, 2.75) is 31.5 Å². The summed E-state index contributed by atoms with van der Waals surface area (Å²) in [6.45, 7) is 3.35. The molecule has 2 aliphatic heterocycles. The van der Waals surface area contributed by atoms with Crippen molar-refractivity contribution >= 4 is 11.5 Å². The quantitative estimate of drug-likeness (QED) is 0.264. The number of hydrogen-bond acceptors (Lipinski definition) is 7. The van der Waals surface area contributed by atoms with Gasteiger partial charge in [-0.25, -0.2) is 10.1 Å². The predicted molar refractivity (Wildman–Crippen MR) is 154 cm³/mol. The molecule has 2 aliphatic rings. The molecule has 4 aromatic rings. The first kappa shape index (κ1) is 30.4. The minimum absolute atomic E-state index is 0.0311. The second-order valence-electron chi connectivity index (χ2n) is 10.9. The van der Waals surface area contributed by atoms with Crippen molar-refractivity contribution in [1.82, 2.24) is 20.1 Å². The number of nitrogens with one attached hydrogen (secondary N) is 1. The number of rotatable bonds is 7. The van der Waals surface area contributed by atoms with Crippen LogP contribution in [0, 0.1) is 0 Å². The highest BCUT2D eigenvalue weighted by Gasteiger charge is 2.42. The van der Waals surface area contributed by atoms with Gasteiger partial charge < -0.3 is 14.5 Å². The van der Waals surface area contributed by atoms with Gasteiger partial charge in [0.1, 0.15) is 23.7 Å². The zero-order chi connectivity index (χ0) is 31.8. The predicted octanol–water partition coefficient (Wildman–Crippen LogP) is 5.67. The van der Waals surface area contributed by atoms with Crippen LogP contribution in [0.5, 0.6) is 5.75 Å². The largest absolute Gasteiger partial charge is 0.491 e. The third-order valence-electron chi connectivity index (χ3n) is 8.04. The van der Waals surface area contributed by atoms with E-state index in [1.54, 1.807) is 6.07 Å². The van der Waals surface area contributed by atoms with Gasteiger partial charge >= 0.3 is 12.4 Å². The average Bonchev–Trinajstić information content (AvgIpc) is 3.38. The van der Waals surface area contributed by atoms with Crippen LogP contribution in [0.25, 0.3) is 0 Å². The van der Waals surface area contributed by atoms with Gasteiger partial charge in [-0.1, -0.05) is 36.4 Å². The molecule has 0 amide bonds. The molecule has 4 heterocycles. The first-order valence-electron chi connectivity index (χ1n) is 14.2. The van der Waals surface area contributed by atoms with Gasteiger partial charge in [0.2, 0.25) is 0 Å². The molecule has 45 heavy (non-hydrogen) atoms. The van der Waals surface area contributed by atoms with Crippen LogP contribution in [0.3, 0.4) is 0 Å². The Morgan fingerprint density at radius 3 is 2.38 bits per heavy atom. The van der Waals surface area contributed by atoms with Gasteiger partial charge in [-0.3, -0.25) is 9.69 Å². The van der Waals surface area contributed by atoms with Crippen molar-refractivity contribution < 1.29 is 31.1 Å². The first-order valence-corrected chi connectivity index (χ1v) is 14.2. The summed E-state index contributed by atoms with van der Waals surface area (Å²) >= 11 is 0. The molecular formula is C31H28F6N6O2. The number of pyridine rings is 1. The lowest BCUT2D eigenvalue weighted by Crippen LogP contribution is -2.46. The van der Waals surface area contributed by atoms with E-state index in [-0.39, 0.29) is 18.8 Å². The molecule has 0 aliphatic carbocycles. The molecule has 1 N–H and O–H groups in total. The fourth-order valence-corrected chi connectivity index (χ4v) is 5.82. The van der Waals surface area contributed by atoms with Gasteiger partial charge in [0.25, 0.3) is 5.56 Å². The SMILES string of the molecule is O=c1[nH]ncc(N2Cc3ccccc3[C@@H]2COc2cccc(CN3CCN(c4ccc(C(F)(F)F)cn4)CC3)c2)c1C(F)(F)F. The van der Waals surface area contributed by atoms with Gasteiger partial charge in [-0.15, -0.1) is 0 Å². The van der Waals surface area contributed by atoms with Crippen LogP contribution >= 0.6 is 0 Å². The minimum atomic E-state index is -4.87. The number of hydrogen-bond donors (Lipinski definition) is 1. The molecule has 1 atom stereocenters. The monoisotopic (exact) mass is 630 g/mol. The van der Waals surface area contributed by atoms with Crippen molar-refractivity contribution in [3.63, 3.8) is 0 Å². The number of piperazine rings is 1. The average molecular weight is 631 g/mol. The summed E-state index contributed by atoms with van der Waals surface area (Å²) in [5, 5.41) is 5.54. The molecule has 0 spiro atoms. The summed E-state index contributed by atoms with van der Waals surface area (Å²) < 4.78 is 86.5. The van der Waals surface area contributed by atoms with E-state index in [1.165, 1.54) is 11.0 Å². The molecule has 2 aromatic carbocycles. The fraction of sp³-hybridized carbons (Fsp3) is 0.323.